The number of carbonyl (C=O) groups is 1. The van der Waals surface area contributed by atoms with Crippen LogP contribution in [-0.2, 0) is 4.79 Å². The van der Waals surface area contributed by atoms with E-state index in [2.05, 4.69) is 15.3 Å². The molecule has 0 aliphatic carbocycles. The molecule has 0 saturated carbocycles. The fourth-order valence-electron chi connectivity index (χ4n) is 2.20. The van der Waals surface area contributed by atoms with Gasteiger partial charge in [-0.15, -0.1) is 0 Å². The second-order valence-corrected chi connectivity index (χ2v) is 7.00. The number of nitrogens with zero attached hydrogens (tertiary/aromatic N) is 2. The maximum atomic E-state index is 12.4. The van der Waals surface area contributed by atoms with Crippen LogP contribution in [0.5, 0.6) is 11.5 Å². The number of nitrogens with two attached hydrogens (primary N) is 2. The molecule has 1 amide bonds. The Morgan fingerprint density at radius 3 is 2.22 bits per heavy atom. The number of ether oxygens (including phenoxy) is 1. The highest BCUT2D eigenvalue weighted by Gasteiger charge is 2.17. The van der Waals surface area contributed by atoms with Crippen molar-refractivity contribution in [1.29, 1.82) is 0 Å². The zero-order valence-corrected chi connectivity index (χ0v) is 15.4. The van der Waals surface area contributed by atoms with Crippen molar-refractivity contribution in [2.75, 3.05) is 16.8 Å². The van der Waals surface area contributed by atoms with Crippen molar-refractivity contribution in [3.05, 3.63) is 60.7 Å². The predicted octanol–water partition coefficient (Wildman–Crippen LogP) is 3.55. The number of rotatable bonds is 6. The van der Waals surface area contributed by atoms with Gasteiger partial charge in [-0.3, -0.25) is 4.79 Å². The van der Waals surface area contributed by atoms with Gasteiger partial charge in [0.2, 0.25) is 5.91 Å². The van der Waals surface area contributed by atoms with E-state index in [1.165, 1.54) is 17.8 Å². The van der Waals surface area contributed by atoms with Gasteiger partial charge < -0.3 is 21.5 Å². The maximum Gasteiger partial charge on any atom is 0.237 e. The van der Waals surface area contributed by atoms with Crippen LogP contribution in [0.4, 0.5) is 17.3 Å². The van der Waals surface area contributed by atoms with Crippen LogP contribution in [0.15, 0.2) is 65.8 Å². The first-order valence-corrected chi connectivity index (χ1v) is 9.08. The number of amides is 1. The molecule has 7 nitrogen and oxygen atoms in total. The minimum Gasteiger partial charge on any atom is -0.457 e. The molecule has 0 spiro atoms. The van der Waals surface area contributed by atoms with Gasteiger partial charge in [0.1, 0.15) is 23.1 Å². The van der Waals surface area contributed by atoms with Gasteiger partial charge >= 0.3 is 0 Å². The summed E-state index contributed by atoms with van der Waals surface area (Å²) in [6.45, 7) is 1.76. The molecule has 0 saturated heterocycles. The summed E-state index contributed by atoms with van der Waals surface area (Å²) in [5.74, 6) is 1.80. The number of carbonyl (C=O) groups excluding carboxylic acids is 1. The smallest absolute Gasteiger partial charge is 0.237 e. The molecule has 0 unspecified atom stereocenters. The third kappa shape index (κ3) is 5.35. The van der Waals surface area contributed by atoms with E-state index >= 15 is 0 Å². The molecule has 8 heteroatoms. The Bertz CT molecular complexity index is 899. The number of para-hydroxylation sites is 1. The van der Waals surface area contributed by atoms with E-state index in [0.717, 1.165) is 5.75 Å². The number of nitrogen functional groups attached to an aromatic ring is 2. The van der Waals surface area contributed by atoms with Crippen LogP contribution in [0.3, 0.4) is 0 Å². The third-order valence-electron chi connectivity index (χ3n) is 3.50. The predicted molar refractivity (Wildman–Crippen MR) is 108 cm³/mol. The summed E-state index contributed by atoms with van der Waals surface area (Å²) in [5.41, 5.74) is 12.0. The summed E-state index contributed by atoms with van der Waals surface area (Å²) >= 11 is 1.19. The maximum absolute atomic E-state index is 12.4. The second-order valence-electron chi connectivity index (χ2n) is 5.69. The van der Waals surface area contributed by atoms with E-state index in [1.807, 2.05) is 30.3 Å². The van der Waals surface area contributed by atoms with Gasteiger partial charge in [-0.1, -0.05) is 30.0 Å². The Hall–Kier alpha value is -3.26. The summed E-state index contributed by atoms with van der Waals surface area (Å²) in [6, 6.07) is 18.1. The molecule has 1 aromatic heterocycles. The second kappa shape index (κ2) is 8.41. The summed E-state index contributed by atoms with van der Waals surface area (Å²) < 4.78 is 5.73. The SMILES string of the molecule is C[C@H](Sc1nc(N)cc(N)n1)C(=O)Nc1ccc(Oc2ccccc2)cc1. The number of aromatic nitrogens is 2. The molecule has 1 atom stereocenters. The van der Waals surface area contributed by atoms with Crippen molar-refractivity contribution in [1.82, 2.24) is 9.97 Å². The van der Waals surface area contributed by atoms with Crippen molar-refractivity contribution in [2.24, 2.45) is 0 Å². The van der Waals surface area contributed by atoms with Crippen LogP contribution in [-0.4, -0.2) is 21.1 Å². The number of hydrogen-bond donors (Lipinski definition) is 3. The van der Waals surface area contributed by atoms with E-state index in [9.17, 15) is 4.79 Å². The highest BCUT2D eigenvalue weighted by Crippen LogP contribution is 2.25. The van der Waals surface area contributed by atoms with Crippen molar-refractivity contribution in [2.45, 2.75) is 17.3 Å². The lowest BCUT2D eigenvalue weighted by Crippen LogP contribution is -2.22. The van der Waals surface area contributed by atoms with Crippen molar-refractivity contribution in [3.8, 4) is 11.5 Å². The molecule has 0 bridgehead atoms. The quantitative estimate of drug-likeness (QED) is 0.441. The Morgan fingerprint density at radius 1 is 1.00 bits per heavy atom. The van der Waals surface area contributed by atoms with Crippen LogP contribution in [0.25, 0.3) is 0 Å². The molecule has 138 valence electrons. The molecule has 0 fully saturated rings. The van der Waals surface area contributed by atoms with Crippen molar-refractivity contribution in [3.63, 3.8) is 0 Å². The number of thioether (sulfide) groups is 1. The monoisotopic (exact) mass is 381 g/mol. The number of hydrogen-bond acceptors (Lipinski definition) is 7. The van der Waals surface area contributed by atoms with Gasteiger partial charge in [0.05, 0.1) is 5.25 Å². The molecular formula is C19H19N5O2S. The molecule has 0 aliphatic rings. The lowest BCUT2D eigenvalue weighted by atomic mass is 10.3. The zero-order chi connectivity index (χ0) is 19.2. The van der Waals surface area contributed by atoms with E-state index in [-0.39, 0.29) is 17.5 Å². The van der Waals surface area contributed by atoms with Crippen LogP contribution < -0.4 is 21.5 Å². The lowest BCUT2D eigenvalue weighted by Gasteiger charge is -2.12. The first-order valence-electron chi connectivity index (χ1n) is 8.20. The first kappa shape index (κ1) is 18.5. The summed E-state index contributed by atoms with van der Waals surface area (Å²) in [7, 11) is 0. The molecule has 3 aromatic rings. The molecule has 2 aromatic carbocycles. The minimum absolute atomic E-state index is 0.179. The van der Waals surface area contributed by atoms with Gasteiger partial charge in [-0.05, 0) is 43.3 Å². The fourth-order valence-corrected chi connectivity index (χ4v) is 3.00. The number of benzene rings is 2. The highest BCUT2D eigenvalue weighted by molar-refractivity contribution is 8.00. The Balaban J connectivity index is 1.58. The average Bonchev–Trinajstić information content (AvgIpc) is 2.63. The molecule has 3 rings (SSSR count). The largest absolute Gasteiger partial charge is 0.457 e. The van der Waals surface area contributed by atoms with Gasteiger partial charge in [-0.2, -0.15) is 0 Å². The molecule has 0 radical (unpaired) electrons. The molecular weight excluding hydrogens is 362 g/mol. The number of nitrogens with one attached hydrogen (secondary N) is 1. The van der Waals surface area contributed by atoms with Gasteiger partial charge in [-0.25, -0.2) is 9.97 Å². The topological polar surface area (TPSA) is 116 Å². The summed E-state index contributed by atoms with van der Waals surface area (Å²) in [5, 5.41) is 2.79. The van der Waals surface area contributed by atoms with Crippen molar-refractivity contribution >= 4 is 35.0 Å². The zero-order valence-electron chi connectivity index (χ0n) is 14.6. The van der Waals surface area contributed by atoms with E-state index < -0.39 is 5.25 Å². The third-order valence-corrected chi connectivity index (χ3v) is 4.46. The van der Waals surface area contributed by atoms with Crippen LogP contribution in [0, 0.1) is 0 Å². The van der Waals surface area contributed by atoms with Crippen LogP contribution >= 0.6 is 11.8 Å². The molecule has 5 N–H and O–H groups in total. The fraction of sp³-hybridized carbons (Fsp3) is 0.105. The Morgan fingerprint density at radius 2 is 1.59 bits per heavy atom. The highest BCUT2D eigenvalue weighted by atomic mass is 32.2. The van der Waals surface area contributed by atoms with Crippen molar-refractivity contribution < 1.29 is 9.53 Å². The molecule has 27 heavy (non-hydrogen) atoms. The minimum atomic E-state index is -0.425. The Labute approximate surface area is 161 Å². The first-order chi connectivity index (χ1) is 13.0. The van der Waals surface area contributed by atoms with E-state index in [1.54, 1.807) is 31.2 Å². The summed E-state index contributed by atoms with van der Waals surface area (Å²) in [6.07, 6.45) is 0. The van der Waals surface area contributed by atoms with Gasteiger partial charge in [0, 0.05) is 11.8 Å². The molecule has 1 heterocycles. The normalized spacial score (nSPS) is 11.6. The van der Waals surface area contributed by atoms with Crippen LogP contribution in [0.2, 0.25) is 0 Å². The van der Waals surface area contributed by atoms with Crippen LogP contribution in [0.1, 0.15) is 6.92 Å². The van der Waals surface area contributed by atoms with Gasteiger partial charge in [0.15, 0.2) is 5.16 Å². The standard InChI is InChI=1S/C19H19N5O2S/c1-12(27-19-23-16(20)11-17(21)24-19)18(25)22-13-7-9-15(10-8-13)26-14-5-3-2-4-6-14/h2-12H,1H3,(H,22,25)(H4,20,21,23,24)/t12-/m0/s1. The molecule has 0 aliphatic heterocycles. The lowest BCUT2D eigenvalue weighted by molar-refractivity contribution is -0.115. The van der Waals surface area contributed by atoms with E-state index in [4.69, 9.17) is 16.2 Å². The van der Waals surface area contributed by atoms with Gasteiger partial charge in [0.25, 0.3) is 0 Å². The average molecular weight is 381 g/mol. The summed E-state index contributed by atoms with van der Waals surface area (Å²) in [4.78, 5) is 20.5. The number of anilines is 3. The Kier molecular flexibility index (Phi) is 5.77. The van der Waals surface area contributed by atoms with E-state index in [0.29, 0.717) is 16.6 Å².